The molecule has 3 aromatic rings. The van der Waals surface area contributed by atoms with E-state index < -0.39 is 0 Å². The summed E-state index contributed by atoms with van der Waals surface area (Å²) in [5, 5.41) is 4.84. The van der Waals surface area contributed by atoms with Crippen LogP contribution in [0, 0.1) is 0 Å². The van der Waals surface area contributed by atoms with E-state index in [1.165, 1.54) is 0 Å². The van der Waals surface area contributed by atoms with Crippen LogP contribution in [0.3, 0.4) is 0 Å². The summed E-state index contributed by atoms with van der Waals surface area (Å²) >= 11 is 12.0. The lowest BCUT2D eigenvalue weighted by Gasteiger charge is -2.00. The Bertz CT molecular complexity index is 773. The van der Waals surface area contributed by atoms with Crippen LogP contribution in [0.2, 0.25) is 10.0 Å². The molecule has 3 rings (SSSR count). The normalized spacial score (nSPS) is 10.7. The first-order valence-corrected chi connectivity index (χ1v) is 6.41. The zero-order valence-electron chi connectivity index (χ0n) is 10.0. The van der Waals surface area contributed by atoms with Crippen LogP contribution in [0.4, 0.5) is 5.69 Å². The molecule has 1 aromatic carbocycles. The minimum atomic E-state index is 0.265. The summed E-state index contributed by atoms with van der Waals surface area (Å²) < 4.78 is 5.20. The van der Waals surface area contributed by atoms with Gasteiger partial charge in [-0.2, -0.15) is 4.98 Å². The van der Waals surface area contributed by atoms with E-state index in [0.717, 1.165) is 0 Å². The van der Waals surface area contributed by atoms with Crippen molar-refractivity contribution in [1.29, 1.82) is 0 Å². The van der Waals surface area contributed by atoms with Crippen molar-refractivity contribution >= 4 is 28.9 Å². The van der Waals surface area contributed by atoms with Crippen molar-refractivity contribution < 1.29 is 4.52 Å². The zero-order valence-corrected chi connectivity index (χ0v) is 11.6. The molecule has 2 N–H and O–H groups in total. The van der Waals surface area contributed by atoms with Crippen molar-refractivity contribution in [2.24, 2.45) is 0 Å². The van der Waals surface area contributed by atoms with Gasteiger partial charge in [0.05, 0.1) is 10.6 Å². The van der Waals surface area contributed by atoms with Gasteiger partial charge in [-0.15, -0.1) is 0 Å². The van der Waals surface area contributed by atoms with Gasteiger partial charge < -0.3 is 10.3 Å². The van der Waals surface area contributed by atoms with Crippen LogP contribution >= 0.6 is 23.2 Å². The molecule has 0 aliphatic rings. The smallest absolute Gasteiger partial charge is 0.260 e. The van der Waals surface area contributed by atoms with Crippen LogP contribution < -0.4 is 5.73 Å². The predicted molar refractivity (Wildman–Crippen MR) is 77.4 cm³/mol. The highest BCUT2D eigenvalue weighted by Gasteiger charge is 2.16. The number of halogens is 2. The Kier molecular flexibility index (Phi) is 3.30. The van der Waals surface area contributed by atoms with Gasteiger partial charge in [0.25, 0.3) is 5.89 Å². The monoisotopic (exact) mass is 306 g/mol. The predicted octanol–water partition coefficient (Wildman–Crippen LogP) is 3.69. The van der Waals surface area contributed by atoms with Crippen molar-refractivity contribution in [1.82, 2.24) is 15.1 Å². The molecule has 0 fully saturated rings. The van der Waals surface area contributed by atoms with Crippen LogP contribution in [0.5, 0.6) is 0 Å². The first kappa shape index (κ1) is 12.9. The Morgan fingerprint density at radius 3 is 2.80 bits per heavy atom. The molecule has 0 spiro atoms. The van der Waals surface area contributed by atoms with Crippen molar-refractivity contribution in [3.63, 3.8) is 0 Å². The second-order valence-electron chi connectivity index (χ2n) is 3.99. The summed E-state index contributed by atoms with van der Waals surface area (Å²) in [5.41, 5.74) is 7.39. The summed E-state index contributed by atoms with van der Waals surface area (Å²) in [6, 6.07) is 8.45. The highest BCUT2D eigenvalue weighted by molar-refractivity contribution is 6.32. The number of hydrogen-bond donors (Lipinski definition) is 1. The molecule has 7 heteroatoms. The van der Waals surface area contributed by atoms with Crippen molar-refractivity contribution in [3.05, 3.63) is 46.6 Å². The third kappa shape index (κ3) is 2.33. The lowest BCUT2D eigenvalue weighted by molar-refractivity contribution is 0.432. The fourth-order valence-electron chi connectivity index (χ4n) is 1.69. The van der Waals surface area contributed by atoms with Gasteiger partial charge in [0.2, 0.25) is 5.82 Å². The fourth-order valence-corrected chi connectivity index (χ4v) is 2.07. The Balaban J connectivity index is 2.07. The van der Waals surface area contributed by atoms with Crippen molar-refractivity contribution in [2.75, 3.05) is 5.73 Å². The zero-order chi connectivity index (χ0) is 14.1. The van der Waals surface area contributed by atoms with Gasteiger partial charge in [0.15, 0.2) is 0 Å². The molecule has 0 amide bonds. The number of aromatic nitrogens is 3. The number of rotatable bonds is 2. The second kappa shape index (κ2) is 5.11. The summed E-state index contributed by atoms with van der Waals surface area (Å²) in [7, 11) is 0. The number of pyridine rings is 1. The number of anilines is 1. The quantitative estimate of drug-likeness (QED) is 0.731. The Morgan fingerprint density at radius 2 is 2.00 bits per heavy atom. The first-order valence-electron chi connectivity index (χ1n) is 5.65. The van der Waals surface area contributed by atoms with E-state index in [0.29, 0.717) is 32.8 Å². The summed E-state index contributed by atoms with van der Waals surface area (Å²) in [4.78, 5) is 8.37. The second-order valence-corrected chi connectivity index (χ2v) is 4.83. The molecule has 20 heavy (non-hydrogen) atoms. The highest BCUT2D eigenvalue weighted by Crippen LogP contribution is 2.30. The third-order valence-corrected chi connectivity index (χ3v) is 3.18. The Morgan fingerprint density at radius 1 is 1.15 bits per heavy atom. The molecule has 0 saturated carbocycles. The van der Waals surface area contributed by atoms with Crippen molar-refractivity contribution in [2.45, 2.75) is 0 Å². The number of nitrogens with zero attached hydrogens (tertiary/aromatic N) is 3. The minimum absolute atomic E-state index is 0.265. The van der Waals surface area contributed by atoms with E-state index in [1.54, 1.807) is 36.5 Å². The fraction of sp³-hybridized carbons (Fsp3) is 0. The topological polar surface area (TPSA) is 77.8 Å². The summed E-state index contributed by atoms with van der Waals surface area (Å²) in [5.74, 6) is 0.562. The van der Waals surface area contributed by atoms with Gasteiger partial charge >= 0.3 is 0 Å². The van der Waals surface area contributed by atoms with Gasteiger partial charge in [-0.3, -0.25) is 4.98 Å². The summed E-state index contributed by atoms with van der Waals surface area (Å²) in [6.07, 6.45) is 1.60. The van der Waals surface area contributed by atoms with E-state index in [9.17, 15) is 0 Å². The van der Waals surface area contributed by atoms with Gasteiger partial charge in [-0.25, -0.2) is 0 Å². The molecule has 2 heterocycles. The third-order valence-electron chi connectivity index (χ3n) is 2.64. The van der Waals surface area contributed by atoms with E-state index in [2.05, 4.69) is 15.1 Å². The molecule has 0 aliphatic carbocycles. The lowest BCUT2D eigenvalue weighted by Crippen LogP contribution is -1.90. The molecule has 5 nitrogen and oxygen atoms in total. The van der Waals surface area contributed by atoms with Crippen LogP contribution in [0.15, 0.2) is 41.1 Å². The maximum atomic E-state index is 6.04. The van der Waals surface area contributed by atoms with Crippen LogP contribution in [-0.2, 0) is 0 Å². The maximum absolute atomic E-state index is 6.04. The summed E-state index contributed by atoms with van der Waals surface area (Å²) in [6.45, 7) is 0. The van der Waals surface area contributed by atoms with Crippen LogP contribution in [0.25, 0.3) is 23.0 Å². The molecule has 0 unspecified atom stereocenters. The van der Waals surface area contributed by atoms with Crippen molar-refractivity contribution in [3.8, 4) is 23.0 Å². The lowest BCUT2D eigenvalue weighted by atomic mass is 10.2. The largest absolute Gasteiger partial charge is 0.398 e. The average Bonchev–Trinajstić information content (AvgIpc) is 2.91. The van der Waals surface area contributed by atoms with E-state index in [4.69, 9.17) is 33.5 Å². The van der Waals surface area contributed by atoms with Gasteiger partial charge in [0, 0.05) is 16.9 Å². The number of nitrogens with two attached hydrogens (primary N) is 1. The highest BCUT2D eigenvalue weighted by atomic mass is 35.5. The number of benzene rings is 1. The van der Waals surface area contributed by atoms with Gasteiger partial charge in [0.1, 0.15) is 5.69 Å². The van der Waals surface area contributed by atoms with E-state index in [1.807, 2.05) is 0 Å². The molecular weight excluding hydrogens is 299 g/mol. The molecule has 0 atom stereocenters. The average molecular weight is 307 g/mol. The van der Waals surface area contributed by atoms with Crippen LogP contribution in [-0.4, -0.2) is 15.1 Å². The molecule has 100 valence electrons. The number of nitrogen functional groups attached to an aromatic ring is 1. The molecule has 0 aliphatic heterocycles. The Labute approximate surface area is 124 Å². The minimum Gasteiger partial charge on any atom is -0.398 e. The van der Waals surface area contributed by atoms with Gasteiger partial charge in [-0.1, -0.05) is 28.4 Å². The van der Waals surface area contributed by atoms with Gasteiger partial charge in [-0.05, 0) is 30.3 Å². The molecule has 0 bridgehead atoms. The van der Waals surface area contributed by atoms with Crippen LogP contribution in [0.1, 0.15) is 0 Å². The molecule has 2 aromatic heterocycles. The molecular formula is C13H8Cl2N4O. The number of hydrogen-bond acceptors (Lipinski definition) is 5. The van der Waals surface area contributed by atoms with E-state index in [-0.39, 0.29) is 5.89 Å². The SMILES string of the molecule is Nc1ccc(Cl)cc1-c1nc(-c2ncccc2Cl)no1. The van der Waals surface area contributed by atoms with E-state index >= 15 is 0 Å². The first-order chi connectivity index (χ1) is 9.65. The maximum Gasteiger partial charge on any atom is 0.260 e. The molecule has 0 saturated heterocycles. The Hall–Kier alpha value is -2.11. The standard InChI is InChI=1S/C13H8Cl2N4O/c14-7-3-4-10(16)8(6-7)13-18-12(19-20-13)11-9(15)2-1-5-17-11/h1-6H,16H2. The molecule has 0 radical (unpaired) electrons.